The van der Waals surface area contributed by atoms with Gasteiger partial charge in [-0.05, 0) is 37.0 Å². The molecular formula is C13H22O3Si. The Morgan fingerprint density at radius 2 is 1.88 bits per heavy atom. The van der Waals surface area contributed by atoms with Gasteiger partial charge in [-0.1, -0.05) is 20.8 Å². The highest BCUT2D eigenvalue weighted by Gasteiger charge is 2.41. The molecule has 0 amide bonds. The molecule has 0 aromatic carbocycles. The maximum atomic E-state index is 12.0. The number of hydrogen-bond acceptors (Lipinski definition) is 3. The van der Waals surface area contributed by atoms with Gasteiger partial charge >= 0.3 is 5.97 Å². The van der Waals surface area contributed by atoms with Gasteiger partial charge in [0.25, 0.3) is 8.32 Å². The number of carbonyl (C=O) groups excluding carboxylic acids is 2. The quantitative estimate of drug-likeness (QED) is 0.711. The maximum Gasteiger partial charge on any atom is 0.320 e. The standard InChI is InChI=1S/C13H22O3Si/c1-13(2,3)17(4,5)16-12(15)10-7-6-8-11(14)9-10/h9H,6-8H2,1-5H3. The summed E-state index contributed by atoms with van der Waals surface area (Å²) in [6.07, 6.45) is 3.44. The molecular weight excluding hydrogens is 232 g/mol. The van der Waals surface area contributed by atoms with Crippen LogP contribution >= 0.6 is 0 Å². The average molecular weight is 254 g/mol. The lowest BCUT2D eigenvalue weighted by atomic mass is 9.99. The molecule has 96 valence electrons. The summed E-state index contributed by atoms with van der Waals surface area (Å²) >= 11 is 0. The van der Waals surface area contributed by atoms with Gasteiger partial charge in [0, 0.05) is 12.0 Å². The molecule has 1 aliphatic carbocycles. The second kappa shape index (κ2) is 4.76. The Morgan fingerprint density at radius 3 is 2.35 bits per heavy atom. The van der Waals surface area contributed by atoms with Crippen molar-refractivity contribution in [3.05, 3.63) is 11.6 Å². The molecule has 17 heavy (non-hydrogen) atoms. The predicted molar refractivity (Wildman–Crippen MR) is 70.2 cm³/mol. The van der Waals surface area contributed by atoms with Crippen molar-refractivity contribution in [2.45, 2.75) is 58.2 Å². The van der Waals surface area contributed by atoms with Crippen molar-refractivity contribution >= 4 is 20.1 Å². The molecule has 1 aliphatic rings. The number of hydrogen-bond donors (Lipinski definition) is 0. The van der Waals surface area contributed by atoms with E-state index in [9.17, 15) is 9.59 Å². The van der Waals surface area contributed by atoms with Gasteiger partial charge in [-0.2, -0.15) is 0 Å². The van der Waals surface area contributed by atoms with Crippen LogP contribution in [0.25, 0.3) is 0 Å². The van der Waals surface area contributed by atoms with E-state index in [4.69, 9.17) is 4.43 Å². The van der Waals surface area contributed by atoms with Crippen molar-refractivity contribution in [1.82, 2.24) is 0 Å². The zero-order valence-corrected chi connectivity index (χ0v) is 12.4. The zero-order chi connectivity index (χ0) is 13.3. The van der Waals surface area contributed by atoms with Gasteiger partial charge in [0.05, 0.1) is 0 Å². The van der Waals surface area contributed by atoms with E-state index in [0.29, 0.717) is 18.4 Å². The SMILES string of the molecule is CC(C)(C)[Si](C)(C)OC(=O)C1=CC(=O)CCC1. The van der Waals surface area contributed by atoms with Gasteiger partial charge in [0.2, 0.25) is 0 Å². The normalized spacial score (nSPS) is 17.7. The summed E-state index contributed by atoms with van der Waals surface area (Å²) < 4.78 is 5.67. The molecule has 0 bridgehead atoms. The minimum Gasteiger partial charge on any atom is -0.516 e. The molecule has 0 unspecified atom stereocenters. The summed E-state index contributed by atoms with van der Waals surface area (Å²) in [7, 11) is -2.08. The first-order valence-corrected chi connectivity index (χ1v) is 9.01. The summed E-state index contributed by atoms with van der Waals surface area (Å²) in [6, 6.07) is 0. The van der Waals surface area contributed by atoms with E-state index in [-0.39, 0.29) is 16.8 Å². The Hall–Kier alpha value is -0.903. The van der Waals surface area contributed by atoms with Crippen LogP contribution in [0.5, 0.6) is 0 Å². The lowest BCUT2D eigenvalue weighted by Crippen LogP contribution is -2.43. The van der Waals surface area contributed by atoms with Gasteiger partial charge in [0.15, 0.2) is 5.78 Å². The highest BCUT2D eigenvalue weighted by molar-refractivity contribution is 6.75. The fraction of sp³-hybridized carbons (Fsp3) is 0.692. The fourth-order valence-corrected chi connectivity index (χ4v) is 2.30. The summed E-state index contributed by atoms with van der Waals surface area (Å²) in [5.74, 6) is -0.247. The highest BCUT2D eigenvalue weighted by atomic mass is 28.4. The predicted octanol–water partition coefficient (Wildman–Crippen LogP) is 3.21. The summed E-state index contributed by atoms with van der Waals surface area (Å²) in [6.45, 7) is 10.3. The molecule has 0 N–H and O–H groups in total. The van der Waals surface area contributed by atoms with Gasteiger partial charge in [-0.3, -0.25) is 4.79 Å². The molecule has 0 aromatic heterocycles. The van der Waals surface area contributed by atoms with Gasteiger partial charge in [-0.15, -0.1) is 0 Å². The van der Waals surface area contributed by atoms with Crippen LogP contribution in [0.3, 0.4) is 0 Å². The van der Waals surface area contributed by atoms with Crippen LogP contribution in [0.2, 0.25) is 18.1 Å². The van der Waals surface area contributed by atoms with Crippen molar-refractivity contribution in [1.29, 1.82) is 0 Å². The monoisotopic (exact) mass is 254 g/mol. The van der Waals surface area contributed by atoms with E-state index in [1.165, 1.54) is 6.08 Å². The molecule has 0 saturated carbocycles. The lowest BCUT2D eigenvalue weighted by Gasteiger charge is -2.35. The van der Waals surface area contributed by atoms with Crippen molar-refractivity contribution in [3.63, 3.8) is 0 Å². The minimum atomic E-state index is -2.08. The van der Waals surface area contributed by atoms with Gasteiger partial charge in [0.1, 0.15) is 0 Å². The average Bonchev–Trinajstić information content (AvgIpc) is 2.15. The Labute approximate surface area is 104 Å². The largest absolute Gasteiger partial charge is 0.516 e. The third-order valence-corrected chi connectivity index (χ3v) is 7.93. The molecule has 0 aliphatic heterocycles. The van der Waals surface area contributed by atoms with E-state index < -0.39 is 8.32 Å². The molecule has 4 heteroatoms. The summed E-state index contributed by atoms with van der Waals surface area (Å²) in [5, 5.41) is 0.00188. The van der Waals surface area contributed by atoms with E-state index in [1.54, 1.807) is 0 Å². The number of ketones is 1. The van der Waals surface area contributed by atoms with Crippen LogP contribution in [0, 0.1) is 0 Å². The Kier molecular flexibility index (Phi) is 3.97. The first-order valence-electron chi connectivity index (χ1n) is 6.10. The van der Waals surface area contributed by atoms with Crippen molar-refractivity contribution in [2.75, 3.05) is 0 Å². The molecule has 0 heterocycles. The van der Waals surface area contributed by atoms with Crippen LogP contribution in [0.15, 0.2) is 11.6 Å². The van der Waals surface area contributed by atoms with Gasteiger partial charge in [-0.25, -0.2) is 4.79 Å². The summed E-state index contributed by atoms with van der Waals surface area (Å²) in [4.78, 5) is 23.3. The number of rotatable bonds is 2. The summed E-state index contributed by atoms with van der Waals surface area (Å²) in [5.41, 5.74) is 0.547. The first-order chi connectivity index (χ1) is 7.63. The van der Waals surface area contributed by atoms with Crippen LogP contribution in [-0.2, 0) is 14.0 Å². The molecule has 1 rings (SSSR count). The van der Waals surface area contributed by atoms with Crippen molar-refractivity contribution in [2.24, 2.45) is 0 Å². The second-order valence-corrected chi connectivity index (χ2v) is 10.9. The molecule has 0 spiro atoms. The minimum absolute atomic E-state index is 0.00188. The second-order valence-electron chi connectivity index (χ2n) is 6.14. The van der Waals surface area contributed by atoms with Crippen LogP contribution in [0.4, 0.5) is 0 Å². The molecule has 0 aromatic rings. The molecule has 3 nitrogen and oxygen atoms in total. The molecule has 0 saturated heterocycles. The Balaban J connectivity index is 2.76. The van der Waals surface area contributed by atoms with Crippen molar-refractivity contribution in [3.8, 4) is 0 Å². The third-order valence-electron chi connectivity index (χ3n) is 3.62. The van der Waals surface area contributed by atoms with Gasteiger partial charge < -0.3 is 4.43 Å². The van der Waals surface area contributed by atoms with Crippen LogP contribution in [-0.4, -0.2) is 20.1 Å². The number of carbonyl (C=O) groups is 2. The third kappa shape index (κ3) is 3.53. The molecule has 0 atom stereocenters. The van der Waals surface area contributed by atoms with Crippen molar-refractivity contribution < 1.29 is 14.0 Å². The highest BCUT2D eigenvalue weighted by Crippen LogP contribution is 2.37. The van der Waals surface area contributed by atoms with E-state index in [0.717, 1.165) is 6.42 Å². The smallest absolute Gasteiger partial charge is 0.320 e. The van der Waals surface area contributed by atoms with E-state index in [2.05, 4.69) is 20.8 Å². The maximum absolute atomic E-state index is 12.0. The van der Waals surface area contributed by atoms with E-state index in [1.807, 2.05) is 13.1 Å². The van der Waals surface area contributed by atoms with Crippen LogP contribution in [0.1, 0.15) is 40.0 Å². The zero-order valence-electron chi connectivity index (χ0n) is 11.4. The Bertz CT molecular complexity index is 361. The fourth-order valence-electron chi connectivity index (χ4n) is 1.40. The number of allylic oxidation sites excluding steroid dienone is 1. The molecule has 0 fully saturated rings. The molecule has 0 radical (unpaired) electrons. The van der Waals surface area contributed by atoms with E-state index >= 15 is 0 Å². The van der Waals surface area contributed by atoms with Crippen LogP contribution < -0.4 is 0 Å². The first kappa shape index (κ1) is 14.2. The topological polar surface area (TPSA) is 43.4 Å². The Morgan fingerprint density at radius 1 is 1.29 bits per heavy atom. The lowest BCUT2D eigenvalue weighted by molar-refractivity contribution is -0.132.